The van der Waals surface area contributed by atoms with E-state index in [1.165, 1.54) is 44.6 Å². The van der Waals surface area contributed by atoms with Crippen molar-refractivity contribution in [3.8, 4) is 0 Å². The minimum Gasteiger partial charge on any atom is -0.380 e. The Morgan fingerprint density at radius 2 is 2.05 bits per heavy atom. The average molecular weight is 342 g/mol. The highest BCUT2D eigenvalue weighted by Crippen LogP contribution is 2.41. The highest BCUT2D eigenvalue weighted by molar-refractivity contribution is 9.10. The van der Waals surface area contributed by atoms with Crippen molar-refractivity contribution in [1.82, 2.24) is 0 Å². The van der Waals surface area contributed by atoms with Gasteiger partial charge in [-0.05, 0) is 43.9 Å². The van der Waals surface area contributed by atoms with E-state index >= 15 is 0 Å². The van der Waals surface area contributed by atoms with Gasteiger partial charge >= 0.3 is 0 Å². The van der Waals surface area contributed by atoms with Gasteiger partial charge in [-0.1, -0.05) is 35.2 Å². The first kappa shape index (κ1) is 14.3. The second kappa shape index (κ2) is 6.02. The van der Waals surface area contributed by atoms with E-state index in [9.17, 15) is 4.39 Å². The van der Waals surface area contributed by atoms with E-state index < -0.39 is 0 Å². The van der Waals surface area contributed by atoms with Crippen LogP contribution in [0.3, 0.4) is 0 Å². The topological polar surface area (TPSA) is 21.3 Å². The summed E-state index contributed by atoms with van der Waals surface area (Å²) < 4.78 is 20.8. The molecule has 1 aliphatic carbocycles. The van der Waals surface area contributed by atoms with E-state index in [-0.39, 0.29) is 17.5 Å². The maximum Gasteiger partial charge on any atom is 0.147 e. The van der Waals surface area contributed by atoms with E-state index in [0.29, 0.717) is 12.2 Å². The van der Waals surface area contributed by atoms with Crippen LogP contribution in [0.15, 0.2) is 22.7 Å². The van der Waals surface area contributed by atoms with Gasteiger partial charge in [0.05, 0.1) is 17.4 Å². The van der Waals surface area contributed by atoms with Crippen LogP contribution >= 0.6 is 15.9 Å². The van der Waals surface area contributed by atoms with Crippen LogP contribution in [-0.2, 0) is 4.74 Å². The van der Waals surface area contributed by atoms with Crippen LogP contribution in [0.4, 0.5) is 10.1 Å². The molecular formula is C16H21BrFNO. The third kappa shape index (κ3) is 3.17. The van der Waals surface area contributed by atoms with Crippen molar-refractivity contribution in [2.75, 3.05) is 11.9 Å². The van der Waals surface area contributed by atoms with Crippen molar-refractivity contribution in [2.45, 2.75) is 56.7 Å². The Balaban J connectivity index is 1.54. The number of nitrogens with one attached hydrogen (secondary N) is 1. The Morgan fingerprint density at radius 3 is 2.80 bits per heavy atom. The molecule has 1 unspecified atom stereocenters. The van der Waals surface area contributed by atoms with E-state index in [2.05, 4.69) is 21.2 Å². The second-order valence-corrected chi connectivity index (χ2v) is 6.94. The van der Waals surface area contributed by atoms with Gasteiger partial charge < -0.3 is 10.1 Å². The SMILES string of the molecule is Fc1cc(Br)ccc1NCC1CCC2(CCCCC2)O1. The van der Waals surface area contributed by atoms with Crippen molar-refractivity contribution in [3.05, 3.63) is 28.5 Å². The van der Waals surface area contributed by atoms with Crippen LogP contribution in [0, 0.1) is 5.82 Å². The molecule has 3 rings (SSSR count). The summed E-state index contributed by atoms with van der Waals surface area (Å²) in [5, 5.41) is 3.18. The number of anilines is 1. The summed E-state index contributed by atoms with van der Waals surface area (Å²) in [6.07, 6.45) is 8.82. The van der Waals surface area contributed by atoms with Crippen LogP contribution in [0.2, 0.25) is 0 Å². The molecule has 1 atom stereocenters. The molecule has 0 bridgehead atoms. The van der Waals surface area contributed by atoms with Crippen LogP contribution < -0.4 is 5.32 Å². The third-order valence-corrected chi connectivity index (χ3v) is 5.05. The molecule has 1 spiro atoms. The van der Waals surface area contributed by atoms with Crippen LogP contribution in [0.25, 0.3) is 0 Å². The lowest BCUT2D eigenvalue weighted by Gasteiger charge is -2.33. The quantitative estimate of drug-likeness (QED) is 0.845. The number of benzene rings is 1. The van der Waals surface area contributed by atoms with Crippen molar-refractivity contribution < 1.29 is 9.13 Å². The molecule has 1 saturated heterocycles. The molecule has 1 N–H and O–H groups in total. The predicted molar refractivity (Wildman–Crippen MR) is 82.5 cm³/mol. The summed E-state index contributed by atoms with van der Waals surface area (Å²) in [6.45, 7) is 0.695. The van der Waals surface area contributed by atoms with Gasteiger partial charge in [-0.3, -0.25) is 0 Å². The molecule has 0 radical (unpaired) electrons. The smallest absolute Gasteiger partial charge is 0.147 e. The van der Waals surface area contributed by atoms with Crippen molar-refractivity contribution in [1.29, 1.82) is 0 Å². The van der Waals surface area contributed by atoms with E-state index in [1.54, 1.807) is 6.07 Å². The fourth-order valence-electron chi connectivity index (χ4n) is 3.46. The molecule has 1 heterocycles. The van der Waals surface area contributed by atoms with Crippen LogP contribution in [-0.4, -0.2) is 18.2 Å². The fourth-order valence-corrected chi connectivity index (χ4v) is 3.79. The van der Waals surface area contributed by atoms with Gasteiger partial charge in [0.2, 0.25) is 0 Å². The standard InChI is InChI=1S/C16H21BrFNO/c17-12-4-5-15(14(18)10-12)19-11-13-6-9-16(20-13)7-2-1-3-8-16/h4-5,10,13,19H,1-3,6-9,11H2. The largest absolute Gasteiger partial charge is 0.380 e. The number of rotatable bonds is 3. The maximum absolute atomic E-state index is 13.7. The first-order valence-corrected chi connectivity index (χ1v) is 8.33. The minimum absolute atomic E-state index is 0.142. The molecule has 2 aliphatic rings. The average Bonchev–Trinajstić information content (AvgIpc) is 2.82. The van der Waals surface area contributed by atoms with Gasteiger partial charge in [0.15, 0.2) is 0 Å². The zero-order valence-corrected chi connectivity index (χ0v) is 13.2. The zero-order chi connectivity index (χ0) is 14.0. The maximum atomic E-state index is 13.7. The summed E-state index contributed by atoms with van der Waals surface area (Å²) in [5.41, 5.74) is 0.699. The molecule has 2 nitrogen and oxygen atoms in total. The Kier molecular flexibility index (Phi) is 4.32. The highest BCUT2D eigenvalue weighted by atomic mass is 79.9. The number of hydrogen-bond acceptors (Lipinski definition) is 2. The molecule has 4 heteroatoms. The molecule has 20 heavy (non-hydrogen) atoms. The van der Waals surface area contributed by atoms with E-state index in [0.717, 1.165) is 10.9 Å². The molecule has 2 fully saturated rings. The van der Waals surface area contributed by atoms with Gasteiger partial charge in [0.1, 0.15) is 5.82 Å². The first-order chi connectivity index (χ1) is 9.67. The zero-order valence-electron chi connectivity index (χ0n) is 11.6. The molecule has 1 aliphatic heterocycles. The molecule has 110 valence electrons. The summed E-state index contributed by atoms with van der Waals surface area (Å²) in [6, 6.07) is 5.11. The van der Waals surface area contributed by atoms with Gasteiger partial charge in [0.25, 0.3) is 0 Å². The monoisotopic (exact) mass is 341 g/mol. The van der Waals surface area contributed by atoms with Crippen molar-refractivity contribution in [2.24, 2.45) is 0 Å². The molecule has 0 aromatic heterocycles. The van der Waals surface area contributed by atoms with Crippen molar-refractivity contribution in [3.63, 3.8) is 0 Å². The normalized spacial score (nSPS) is 25.0. The van der Waals surface area contributed by atoms with Gasteiger partial charge in [-0.25, -0.2) is 4.39 Å². The number of halogens is 2. The minimum atomic E-state index is -0.218. The van der Waals surface area contributed by atoms with E-state index in [1.807, 2.05) is 6.07 Å². The molecule has 1 aromatic rings. The Bertz CT molecular complexity index is 474. The summed E-state index contributed by atoms with van der Waals surface area (Å²) in [7, 11) is 0. The Morgan fingerprint density at radius 1 is 1.25 bits per heavy atom. The summed E-state index contributed by atoms with van der Waals surface area (Å²) in [4.78, 5) is 0. The molecular weight excluding hydrogens is 321 g/mol. The summed E-state index contributed by atoms with van der Waals surface area (Å²) in [5.74, 6) is -0.218. The number of hydrogen-bond donors (Lipinski definition) is 1. The lowest BCUT2D eigenvalue weighted by Crippen LogP contribution is -2.33. The summed E-state index contributed by atoms with van der Waals surface area (Å²) >= 11 is 3.27. The predicted octanol–water partition coefficient (Wildman–Crippen LogP) is 4.88. The lowest BCUT2D eigenvalue weighted by atomic mass is 9.83. The molecule has 1 aromatic carbocycles. The second-order valence-electron chi connectivity index (χ2n) is 6.03. The van der Waals surface area contributed by atoms with E-state index in [4.69, 9.17) is 4.74 Å². The van der Waals surface area contributed by atoms with Gasteiger partial charge in [-0.15, -0.1) is 0 Å². The molecule has 0 amide bonds. The Labute approximate surface area is 128 Å². The van der Waals surface area contributed by atoms with Gasteiger partial charge in [-0.2, -0.15) is 0 Å². The molecule has 1 saturated carbocycles. The lowest BCUT2D eigenvalue weighted by molar-refractivity contribution is -0.0588. The van der Waals surface area contributed by atoms with Crippen molar-refractivity contribution >= 4 is 21.6 Å². The first-order valence-electron chi connectivity index (χ1n) is 7.54. The van der Waals surface area contributed by atoms with Crippen LogP contribution in [0.5, 0.6) is 0 Å². The third-order valence-electron chi connectivity index (χ3n) is 4.55. The van der Waals surface area contributed by atoms with Gasteiger partial charge in [0, 0.05) is 11.0 Å². The van der Waals surface area contributed by atoms with Crippen LogP contribution in [0.1, 0.15) is 44.9 Å². The highest BCUT2D eigenvalue weighted by Gasteiger charge is 2.40. The fraction of sp³-hybridized carbons (Fsp3) is 0.625. The number of ether oxygens (including phenoxy) is 1. The Hall–Kier alpha value is -0.610.